The summed E-state index contributed by atoms with van der Waals surface area (Å²) in [6, 6.07) is 1.54. The van der Waals surface area contributed by atoms with Gasteiger partial charge in [0.15, 0.2) is 28.2 Å². The number of phenols is 2. The molecule has 2 aromatic heterocycles. The fourth-order valence-corrected chi connectivity index (χ4v) is 9.61. The Labute approximate surface area is 329 Å². The van der Waals surface area contributed by atoms with Gasteiger partial charge in [0, 0.05) is 47.9 Å². The number of rotatable bonds is 14. The second-order valence-corrected chi connectivity index (χ2v) is 16.4. The van der Waals surface area contributed by atoms with Crippen LogP contribution in [0.2, 0.25) is 5.02 Å². The van der Waals surface area contributed by atoms with Crippen molar-refractivity contribution >= 4 is 80.9 Å². The minimum absolute atomic E-state index is 0.0644. The lowest BCUT2D eigenvalue weighted by molar-refractivity contribution is -0.941. The van der Waals surface area contributed by atoms with Crippen LogP contribution in [0.4, 0.5) is 5.13 Å². The number of β-lactam (4-membered cyclic amide) rings is 1. The SMILES string of the molecule is Nc1nc(/C(=N/O[C@@H](CC(=O)O)C(=O)O)C(=O)N[C@H]2C(=O)N3C(c4nnn[nH]4)=C(C[N+]45CCC(CNC(=O)c6ccc(O)c(O)c6Cl)(CC4)CC5)CS[C@H]23)cs1. The molecule has 0 unspecified atom stereocenters. The maximum absolute atomic E-state index is 13.9. The molecule has 56 heavy (non-hydrogen) atoms. The number of tetrazole rings is 1. The van der Waals surface area contributed by atoms with Gasteiger partial charge in [-0.15, -0.1) is 28.2 Å². The average Bonchev–Trinajstić information content (AvgIpc) is 3.87. The van der Waals surface area contributed by atoms with Gasteiger partial charge in [0.25, 0.3) is 17.7 Å². The number of nitrogens with two attached hydrogens (primary N) is 1. The van der Waals surface area contributed by atoms with Crippen LogP contribution in [-0.4, -0.2) is 147 Å². The molecule has 4 fully saturated rings. The standard InChI is InChI=1S/C32H34ClN11O10S2/c33-20-15(1-2-17(45)24(20)48)26(49)35-13-32-3-6-44(7-4-32,8-5-32)10-14-11-55-29-22(28(51)43(29)23(14)25-38-41-42-39-25)37-27(50)21(16-12-56-31(34)36-16)40-54-18(30(52)53)9-19(46)47/h1-2,12,18,22,29H,3-11,13H2,(H8-,34,35,36,37,38,39,40,41,42,45,46,47,48,49,50,52,53)/p+1/t18-,22-,29+,32?,44?/m0/s1. The Morgan fingerprint density at radius 2 is 1.91 bits per heavy atom. The van der Waals surface area contributed by atoms with Gasteiger partial charge in [0.05, 0.1) is 42.3 Å². The number of benzene rings is 1. The zero-order valence-corrected chi connectivity index (χ0v) is 31.6. The Kier molecular flexibility index (Phi) is 10.5. The predicted octanol–water partition coefficient (Wildman–Crippen LogP) is 0.194. The second-order valence-electron chi connectivity index (χ2n) is 14.0. The minimum atomic E-state index is -1.90. The van der Waals surface area contributed by atoms with Crippen LogP contribution in [0.1, 0.15) is 47.6 Å². The number of piperidine rings is 3. The summed E-state index contributed by atoms with van der Waals surface area (Å²) < 4.78 is 0.761. The monoisotopic (exact) mass is 832 g/mol. The topological polar surface area (TPSA) is 309 Å². The molecule has 7 heterocycles. The average molecular weight is 833 g/mol. The zero-order chi connectivity index (χ0) is 39.9. The third-order valence-electron chi connectivity index (χ3n) is 10.6. The first-order valence-electron chi connectivity index (χ1n) is 17.1. The first-order chi connectivity index (χ1) is 26.7. The predicted molar refractivity (Wildman–Crippen MR) is 197 cm³/mol. The van der Waals surface area contributed by atoms with E-state index in [9.17, 15) is 39.3 Å². The maximum Gasteiger partial charge on any atom is 0.348 e. The summed E-state index contributed by atoms with van der Waals surface area (Å²) in [6.45, 7) is 3.50. The van der Waals surface area contributed by atoms with Gasteiger partial charge in [-0.2, -0.15) is 0 Å². The van der Waals surface area contributed by atoms with Crippen molar-refractivity contribution in [2.75, 3.05) is 44.2 Å². The van der Waals surface area contributed by atoms with Crippen LogP contribution in [0.15, 0.2) is 28.2 Å². The minimum Gasteiger partial charge on any atom is -0.504 e. The van der Waals surface area contributed by atoms with Crippen molar-refractivity contribution in [2.45, 2.75) is 43.2 Å². The smallest absolute Gasteiger partial charge is 0.348 e. The van der Waals surface area contributed by atoms with Gasteiger partial charge < -0.3 is 46.1 Å². The Balaban J connectivity index is 1.04. The molecule has 5 aliphatic heterocycles. The van der Waals surface area contributed by atoms with Gasteiger partial charge in [0.1, 0.15) is 23.7 Å². The molecule has 0 radical (unpaired) electrons. The van der Waals surface area contributed by atoms with E-state index in [2.05, 4.69) is 41.4 Å². The summed E-state index contributed by atoms with van der Waals surface area (Å²) in [5, 5.41) is 62.4. The molecule has 296 valence electrons. The molecular weight excluding hydrogens is 798 g/mol. The van der Waals surface area contributed by atoms with Crippen LogP contribution in [0.25, 0.3) is 5.70 Å². The zero-order valence-electron chi connectivity index (χ0n) is 29.2. The van der Waals surface area contributed by atoms with Gasteiger partial charge in [-0.05, 0) is 22.6 Å². The number of carboxylic acid groups (broad SMARTS) is 2. The Hall–Kier alpha value is -5.52. The van der Waals surface area contributed by atoms with Gasteiger partial charge in [-0.1, -0.05) is 16.8 Å². The molecule has 24 heteroatoms. The van der Waals surface area contributed by atoms with Crippen LogP contribution < -0.4 is 16.4 Å². The van der Waals surface area contributed by atoms with E-state index < -0.39 is 70.8 Å². The number of amides is 3. The Bertz CT molecular complexity index is 2140. The lowest BCUT2D eigenvalue weighted by Crippen LogP contribution is -2.70. The second kappa shape index (κ2) is 15.2. The molecule has 0 aliphatic carbocycles. The van der Waals surface area contributed by atoms with Crippen LogP contribution in [0.3, 0.4) is 0 Å². The number of thioether (sulfide) groups is 1. The number of carboxylic acids is 2. The van der Waals surface area contributed by atoms with E-state index in [4.69, 9.17) is 27.3 Å². The van der Waals surface area contributed by atoms with Gasteiger partial charge in [0.2, 0.25) is 6.10 Å². The number of nitrogen functional groups attached to an aromatic ring is 1. The number of aliphatic carboxylic acids is 2. The number of H-pyrrole nitrogens is 1. The number of aromatic hydroxyl groups is 2. The lowest BCUT2D eigenvalue weighted by atomic mass is 9.70. The molecule has 21 nitrogen and oxygen atoms in total. The molecule has 5 aliphatic rings. The van der Waals surface area contributed by atoms with Crippen molar-refractivity contribution in [1.82, 2.24) is 41.1 Å². The number of thiazole rings is 1. The fourth-order valence-electron chi connectivity index (χ4n) is 7.48. The van der Waals surface area contributed by atoms with Crippen LogP contribution in [-0.2, 0) is 24.0 Å². The number of phenolic OH excluding ortho intramolecular Hbond substituents is 2. The quantitative estimate of drug-likeness (QED) is 0.0354. The lowest BCUT2D eigenvalue weighted by Gasteiger charge is -2.56. The molecule has 3 amide bonds. The van der Waals surface area contributed by atoms with Gasteiger partial charge in [-0.25, -0.2) is 14.9 Å². The van der Waals surface area contributed by atoms with Crippen LogP contribution in [0, 0.1) is 5.41 Å². The number of hydrogen-bond acceptors (Lipinski definition) is 16. The van der Waals surface area contributed by atoms with Crippen molar-refractivity contribution in [2.24, 2.45) is 10.6 Å². The number of nitrogens with zero attached hydrogens (tertiary/aromatic N) is 7. The molecule has 3 aromatic rings. The van der Waals surface area contributed by atoms with Crippen LogP contribution >= 0.6 is 34.7 Å². The number of quaternary nitrogens is 1. The third kappa shape index (κ3) is 7.41. The third-order valence-corrected chi connectivity index (χ3v) is 13.0. The highest BCUT2D eigenvalue weighted by Gasteiger charge is 2.56. The molecule has 8 rings (SSSR count). The summed E-state index contributed by atoms with van der Waals surface area (Å²) in [5.41, 5.74) is 6.60. The van der Waals surface area contributed by atoms with E-state index in [1.54, 1.807) is 0 Å². The summed E-state index contributed by atoms with van der Waals surface area (Å²) in [5.74, 6) is -5.08. The highest BCUT2D eigenvalue weighted by molar-refractivity contribution is 8.00. The van der Waals surface area contributed by atoms with E-state index in [0.29, 0.717) is 30.4 Å². The van der Waals surface area contributed by atoms with Crippen molar-refractivity contribution in [3.8, 4) is 11.5 Å². The summed E-state index contributed by atoms with van der Waals surface area (Å²) >= 11 is 8.52. The highest BCUT2D eigenvalue weighted by atomic mass is 35.5. The molecule has 4 saturated heterocycles. The van der Waals surface area contributed by atoms with Crippen LogP contribution in [0.5, 0.6) is 11.5 Å². The van der Waals surface area contributed by atoms with E-state index in [1.165, 1.54) is 34.2 Å². The van der Waals surface area contributed by atoms with Gasteiger partial charge >= 0.3 is 11.9 Å². The molecule has 2 bridgehead atoms. The number of nitrogens with one attached hydrogen (secondary N) is 3. The number of halogens is 1. The number of carbonyl (C=O) groups is 5. The van der Waals surface area contributed by atoms with Crippen molar-refractivity contribution in [3.63, 3.8) is 0 Å². The van der Waals surface area contributed by atoms with E-state index in [0.717, 1.165) is 60.3 Å². The van der Waals surface area contributed by atoms with E-state index >= 15 is 0 Å². The highest BCUT2D eigenvalue weighted by Crippen LogP contribution is 2.48. The number of anilines is 1. The fraction of sp³-hybridized carbons (Fsp3) is 0.438. The summed E-state index contributed by atoms with van der Waals surface area (Å²) in [4.78, 5) is 73.6. The number of aromatic amines is 1. The Morgan fingerprint density at radius 3 is 2.54 bits per heavy atom. The molecule has 3 atom stereocenters. The molecule has 0 saturated carbocycles. The Morgan fingerprint density at radius 1 is 1.18 bits per heavy atom. The maximum atomic E-state index is 13.9. The van der Waals surface area contributed by atoms with Crippen molar-refractivity contribution < 1.29 is 53.7 Å². The number of oxime groups is 1. The van der Waals surface area contributed by atoms with Crippen molar-refractivity contribution in [1.29, 1.82) is 0 Å². The number of carbonyl (C=O) groups excluding carboxylic acids is 3. The van der Waals surface area contributed by atoms with Gasteiger partial charge in [-0.3, -0.25) is 24.1 Å². The normalized spacial score (nSPS) is 24.9. The molecule has 0 spiro atoms. The number of fused-ring (bicyclic) bond motifs is 4. The molecule has 1 aromatic carbocycles. The number of aromatic nitrogens is 5. The van der Waals surface area contributed by atoms with Crippen molar-refractivity contribution in [3.05, 3.63) is 45.2 Å². The summed E-state index contributed by atoms with van der Waals surface area (Å²) in [7, 11) is 0. The molecular formula is C32H35ClN11O10S2+. The summed E-state index contributed by atoms with van der Waals surface area (Å²) in [6.07, 6.45) is -0.328. The van der Waals surface area contributed by atoms with E-state index in [-0.39, 0.29) is 26.8 Å². The molecule has 9 N–H and O–H groups in total. The largest absolute Gasteiger partial charge is 0.504 e. The number of hydrogen-bond donors (Lipinski definition) is 8. The van der Waals surface area contributed by atoms with E-state index in [1.807, 2.05) is 0 Å². The first-order valence-corrected chi connectivity index (χ1v) is 19.5. The first kappa shape index (κ1) is 38.7.